The lowest BCUT2D eigenvalue weighted by atomic mass is 9.97. The third kappa shape index (κ3) is 4.33. The zero-order valence-electron chi connectivity index (χ0n) is 21.9. The van der Waals surface area contributed by atoms with Crippen LogP contribution in [0, 0.1) is 18.3 Å². The average molecular weight is 482 g/mol. The number of rotatable bonds is 4. The SMILES string of the molecule is CC.CC1=C(N(C2=Cc3c(c4ccccc4n3-c3cccc(C)c3)CC2)c2cccc(C#N)c2)C=C=C1. The van der Waals surface area contributed by atoms with Crippen LogP contribution in [0.4, 0.5) is 5.69 Å². The Morgan fingerprint density at radius 2 is 1.70 bits per heavy atom. The van der Waals surface area contributed by atoms with Gasteiger partial charge in [-0.25, -0.2) is 0 Å². The molecule has 0 radical (unpaired) electrons. The van der Waals surface area contributed by atoms with Crippen molar-refractivity contribution in [3.05, 3.63) is 130 Å². The molecule has 182 valence electrons. The van der Waals surface area contributed by atoms with Crippen LogP contribution in [0.5, 0.6) is 0 Å². The summed E-state index contributed by atoms with van der Waals surface area (Å²) in [6, 6.07) is 27.6. The summed E-state index contributed by atoms with van der Waals surface area (Å²) in [5.41, 5.74) is 14.7. The van der Waals surface area contributed by atoms with Crippen LogP contribution in [-0.2, 0) is 6.42 Å². The lowest BCUT2D eigenvalue weighted by molar-refractivity contribution is 0.873. The molecule has 0 amide bonds. The fourth-order valence-corrected chi connectivity index (χ4v) is 5.29. The van der Waals surface area contributed by atoms with E-state index in [1.807, 2.05) is 44.2 Å². The lowest BCUT2D eigenvalue weighted by Gasteiger charge is -2.31. The molecule has 1 heterocycles. The van der Waals surface area contributed by atoms with Crippen molar-refractivity contribution in [3.8, 4) is 11.8 Å². The van der Waals surface area contributed by atoms with Crippen molar-refractivity contribution in [1.29, 1.82) is 5.26 Å². The van der Waals surface area contributed by atoms with Crippen LogP contribution in [0.2, 0.25) is 0 Å². The molecule has 2 aliphatic rings. The van der Waals surface area contributed by atoms with Crippen LogP contribution in [0.15, 0.2) is 108 Å². The molecule has 0 saturated heterocycles. The van der Waals surface area contributed by atoms with Crippen LogP contribution in [0.3, 0.4) is 0 Å². The van der Waals surface area contributed by atoms with E-state index in [0.717, 1.165) is 24.2 Å². The fourth-order valence-electron chi connectivity index (χ4n) is 5.29. The number of hydrogen-bond donors (Lipinski definition) is 0. The molecule has 0 unspecified atom stereocenters. The molecule has 0 aliphatic heterocycles. The molecule has 3 heteroatoms. The molecule has 6 rings (SSSR count). The number of para-hydroxylation sites is 1. The van der Waals surface area contributed by atoms with E-state index in [2.05, 4.69) is 95.8 Å². The molecule has 0 N–H and O–H groups in total. The number of hydrogen-bond acceptors (Lipinski definition) is 2. The maximum Gasteiger partial charge on any atom is 0.0992 e. The Morgan fingerprint density at radius 3 is 2.46 bits per heavy atom. The Bertz CT molecular complexity index is 1660. The summed E-state index contributed by atoms with van der Waals surface area (Å²) >= 11 is 0. The van der Waals surface area contributed by atoms with E-state index in [-0.39, 0.29) is 0 Å². The molecule has 0 saturated carbocycles. The summed E-state index contributed by atoms with van der Waals surface area (Å²) in [5, 5.41) is 10.9. The fraction of sp³-hybridized carbons (Fsp3) is 0.176. The Morgan fingerprint density at radius 1 is 0.892 bits per heavy atom. The molecule has 3 aromatic carbocycles. The Balaban J connectivity index is 0.00000137. The van der Waals surface area contributed by atoms with E-state index >= 15 is 0 Å². The maximum atomic E-state index is 9.54. The standard InChI is InChI=1S/C32H25N3.C2H6/c1-22-8-5-11-25(18-22)35-31-14-4-3-13-28(31)29-17-16-27(20-32(29)35)34(30-15-6-9-23(30)2)26-12-7-10-24(19-26)21-33;1-2/h3-5,7-15,18-20H,16-17H2,1-2H3;1-2H3. The van der Waals surface area contributed by atoms with E-state index in [0.29, 0.717) is 5.56 Å². The van der Waals surface area contributed by atoms with Crippen LogP contribution in [-0.4, -0.2) is 4.57 Å². The average Bonchev–Trinajstić information content (AvgIpc) is 3.50. The van der Waals surface area contributed by atoms with E-state index in [1.165, 1.54) is 44.7 Å². The molecular weight excluding hydrogens is 450 g/mol. The van der Waals surface area contributed by atoms with Gasteiger partial charge in [0.1, 0.15) is 0 Å². The molecule has 4 aromatic rings. The van der Waals surface area contributed by atoms with Gasteiger partial charge in [0, 0.05) is 28.5 Å². The second-order valence-corrected chi connectivity index (χ2v) is 9.21. The second-order valence-electron chi connectivity index (χ2n) is 9.21. The summed E-state index contributed by atoms with van der Waals surface area (Å²) in [4.78, 5) is 2.30. The van der Waals surface area contributed by atoms with Crippen molar-refractivity contribution in [2.45, 2.75) is 40.5 Å². The third-order valence-corrected chi connectivity index (χ3v) is 6.90. The van der Waals surface area contributed by atoms with Gasteiger partial charge in [-0.15, -0.1) is 5.73 Å². The van der Waals surface area contributed by atoms with Gasteiger partial charge in [-0.05, 0) is 91.9 Å². The number of fused-ring (bicyclic) bond motifs is 3. The van der Waals surface area contributed by atoms with E-state index in [1.54, 1.807) is 0 Å². The number of nitrogens with zero attached hydrogens (tertiary/aromatic N) is 3. The summed E-state index contributed by atoms with van der Waals surface area (Å²) in [5.74, 6) is 0. The van der Waals surface area contributed by atoms with Crippen LogP contribution in [0.25, 0.3) is 22.7 Å². The predicted molar refractivity (Wildman–Crippen MR) is 155 cm³/mol. The molecule has 0 bridgehead atoms. The quantitative estimate of drug-likeness (QED) is 0.273. The molecule has 3 nitrogen and oxygen atoms in total. The normalized spacial score (nSPS) is 13.6. The predicted octanol–water partition coefficient (Wildman–Crippen LogP) is 8.63. The minimum atomic E-state index is 0.659. The summed E-state index contributed by atoms with van der Waals surface area (Å²) in [7, 11) is 0. The monoisotopic (exact) mass is 481 g/mol. The first-order valence-electron chi connectivity index (χ1n) is 13.0. The smallest absolute Gasteiger partial charge is 0.0992 e. The number of allylic oxidation sites excluding steroid dienone is 3. The summed E-state index contributed by atoms with van der Waals surface area (Å²) < 4.78 is 2.39. The van der Waals surface area contributed by atoms with Crippen molar-refractivity contribution in [1.82, 2.24) is 4.57 Å². The highest BCUT2D eigenvalue weighted by atomic mass is 15.2. The van der Waals surface area contributed by atoms with Gasteiger partial charge in [-0.2, -0.15) is 5.26 Å². The van der Waals surface area contributed by atoms with E-state index in [4.69, 9.17) is 0 Å². The van der Waals surface area contributed by atoms with Gasteiger partial charge in [0.05, 0.1) is 28.5 Å². The van der Waals surface area contributed by atoms with Crippen molar-refractivity contribution in [2.24, 2.45) is 0 Å². The van der Waals surface area contributed by atoms with Crippen molar-refractivity contribution >= 4 is 22.7 Å². The first-order chi connectivity index (χ1) is 18.1. The first-order valence-corrected chi connectivity index (χ1v) is 13.0. The minimum absolute atomic E-state index is 0.659. The number of benzene rings is 3. The molecule has 37 heavy (non-hydrogen) atoms. The van der Waals surface area contributed by atoms with Gasteiger partial charge in [-0.1, -0.05) is 50.2 Å². The highest BCUT2D eigenvalue weighted by Crippen LogP contribution is 2.40. The number of aromatic nitrogens is 1. The van der Waals surface area contributed by atoms with Gasteiger partial charge in [-0.3, -0.25) is 0 Å². The molecule has 0 fully saturated rings. The third-order valence-electron chi connectivity index (χ3n) is 6.90. The van der Waals surface area contributed by atoms with Crippen molar-refractivity contribution < 1.29 is 0 Å². The number of aryl methyl sites for hydroxylation is 2. The van der Waals surface area contributed by atoms with Crippen molar-refractivity contribution in [2.75, 3.05) is 4.90 Å². The zero-order chi connectivity index (χ0) is 25.9. The highest BCUT2D eigenvalue weighted by molar-refractivity contribution is 5.91. The topological polar surface area (TPSA) is 32.0 Å². The van der Waals surface area contributed by atoms with Crippen LogP contribution < -0.4 is 4.90 Å². The van der Waals surface area contributed by atoms with Crippen LogP contribution >= 0.6 is 0 Å². The highest BCUT2D eigenvalue weighted by Gasteiger charge is 2.26. The lowest BCUT2D eigenvalue weighted by Crippen LogP contribution is -2.23. The molecule has 0 spiro atoms. The Hall–Kier alpha value is -4.51. The minimum Gasteiger partial charge on any atom is -0.313 e. The van der Waals surface area contributed by atoms with E-state index in [9.17, 15) is 5.26 Å². The Kier molecular flexibility index (Phi) is 6.69. The first kappa shape index (κ1) is 24.2. The maximum absolute atomic E-state index is 9.54. The molecule has 2 aliphatic carbocycles. The largest absolute Gasteiger partial charge is 0.313 e. The van der Waals surface area contributed by atoms with Gasteiger partial charge in [0.2, 0.25) is 0 Å². The van der Waals surface area contributed by atoms with Crippen molar-refractivity contribution in [3.63, 3.8) is 0 Å². The number of nitriles is 1. The number of anilines is 1. The van der Waals surface area contributed by atoms with Gasteiger partial charge < -0.3 is 9.47 Å². The van der Waals surface area contributed by atoms with Gasteiger partial charge >= 0.3 is 0 Å². The van der Waals surface area contributed by atoms with Gasteiger partial charge in [0.15, 0.2) is 0 Å². The summed E-state index contributed by atoms with van der Waals surface area (Å²) in [6.07, 6.45) is 8.27. The molecule has 1 aromatic heterocycles. The van der Waals surface area contributed by atoms with E-state index < -0.39 is 0 Å². The molecular formula is C34H31N3. The Labute approximate surface area is 219 Å². The summed E-state index contributed by atoms with van der Waals surface area (Å²) in [6.45, 7) is 8.26. The van der Waals surface area contributed by atoms with Gasteiger partial charge in [0.25, 0.3) is 0 Å². The van der Waals surface area contributed by atoms with Crippen LogP contribution in [0.1, 0.15) is 49.6 Å². The zero-order valence-corrected chi connectivity index (χ0v) is 21.9. The second kappa shape index (κ2) is 10.2. The molecule has 0 atom stereocenters.